The van der Waals surface area contributed by atoms with Crippen LogP contribution in [0, 0.1) is 5.82 Å². The van der Waals surface area contributed by atoms with Gasteiger partial charge >= 0.3 is 11.9 Å². The molecule has 0 atom stereocenters. The zero-order chi connectivity index (χ0) is 21.9. The van der Waals surface area contributed by atoms with E-state index in [-0.39, 0.29) is 40.3 Å². The molecule has 7 nitrogen and oxygen atoms in total. The molecule has 3 rings (SSSR count). The summed E-state index contributed by atoms with van der Waals surface area (Å²) in [5.41, 5.74) is 0.526. The highest BCUT2D eigenvalue weighted by molar-refractivity contribution is 7.92. The molecule has 1 N–H and O–H groups in total. The maximum atomic E-state index is 14.4. The van der Waals surface area contributed by atoms with Crippen molar-refractivity contribution in [3.63, 3.8) is 0 Å². The summed E-state index contributed by atoms with van der Waals surface area (Å²) in [7, 11) is -3.51. The van der Waals surface area contributed by atoms with Crippen LogP contribution in [0.3, 0.4) is 0 Å². The van der Waals surface area contributed by atoms with Gasteiger partial charge in [0, 0.05) is 21.3 Å². The smallest absolute Gasteiger partial charge is 0.348 e. The molecule has 0 aliphatic heterocycles. The van der Waals surface area contributed by atoms with Crippen molar-refractivity contribution in [1.82, 2.24) is 0 Å². The molecule has 0 spiro atoms. The lowest BCUT2D eigenvalue weighted by Crippen LogP contribution is -2.12. The minimum Gasteiger partial charge on any atom is -0.462 e. The Hall–Kier alpha value is -2.98. The molecule has 10 heteroatoms. The highest BCUT2D eigenvalue weighted by atomic mass is 32.2. The third-order valence-electron chi connectivity index (χ3n) is 3.97. The molecule has 0 saturated heterocycles. The highest BCUT2D eigenvalue weighted by Crippen LogP contribution is 2.34. The van der Waals surface area contributed by atoms with Gasteiger partial charge in [0.05, 0.1) is 18.4 Å². The first-order chi connectivity index (χ1) is 14.2. The van der Waals surface area contributed by atoms with Crippen LogP contribution < -0.4 is 4.72 Å². The van der Waals surface area contributed by atoms with Crippen LogP contribution in [-0.4, -0.2) is 33.2 Å². The summed E-state index contributed by atoms with van der Waals surface area (Å²) in [5.74, 6) is -1.91. The van der Waals surface area contributed by atoms with Crippen LogP contribution in [-0.2, 0) is 26.1 Å². The average Bonchev–Trinajstić information content (AvgIpc) is 3.05. The standard InChI is InChI=1S/C20H18FNO6S2/c1-3-27-20(24)18-14(17-15(21)8-5-9-16(17)29-18)11-28-19(23)12-6-4-7-13(10-12)22-30(2,25)26/h4-10,22H,3,11H2,1-2H3. The Bertz CT molecular complexity index is 1220. The molecule has 0 amide bonds. The molecule has 0 bridgehead atoms. The number of thiophene rings is 1. The number of carbonyl (C=O) groups is 2. The zero-order valence-corrected chi connectivity index (χ0v) is 17.7. The predicted molar refractivity (Wildman–Crippen MR) is 112 cm³/mol. The van der Waals surface area contributed by atoms with Gasteiger partial charge in [-0.1, -0.05) is 12.1 Å². The van der Waals surface area contributed by atoms with Crippen molar-refractivity contribution in [3.8, 4) is 0 Å². The molecular formula is C20H18FNO6S2. The number of halogens is 1. The van der Waals surface area contributed by atoms with E-state index in [2.05, 4.69) is 4.72 Å². The number of nitrogens with one attached hydrogen (secondary N) is 1. The van der Waals surface area contributed by atoms with E-state index in [0.717, 1.165) is 17.6 Å². The van der Waals surface area contributed by atoms with Crippen LogP contribution >= 0.6 is 11.3 Å². The number of ether oxygens (including phenoxy) is 2. The number of carbonyl (C=O) groups excluding carboxylic acids is 2. The summed E-state index contributed by atoms with van der Waals surface area (Å²) in [5, 5.41) is 0.200. The van der Waals surface area contributed by atoms with Crippen LogP contribution in [0.15, 0.2) is 42.5 Å². The zero-order valence-electron chi connectivity index (χ0n) is 16.1. The number of benzene rings is 2. The molecule has 1 aromatic heterocycles. The number of hydrogen-bond acceptors (Lipinski definition) is 7. The van der Waals surface area contributed by atoms with Gasteiger partial charge < -0.3 is 9.47 Å². The van der Waals surface area contributed by atoms with Crippen LogP contribution in [0.4, 0.5) is 10.1 Å². The van der Waals surface area contributed by atoms with Crippen molar-refractivity contribution in [2.75, 3.05) is 17.6 Å². The molecule has 158 valence electrons. The van der Waals surface area contributed by atoms with Crippen molar-refractivity contribution in [2.45, 2.75) is 13.5 Å². The summed E-state index contributed by atoms with van der Waals surface area (Å²) in [4.78, 5) is 24.9. The van der Waals surface area contributed by atoms with Crippen LogP contribution in [0.2, 0.25) is 0 Å². The molecule has 0 aliphatic rings. The lowest BCUT2D eigenvalue weighted by Gasteiger charge is -2.09. The van der Waals surface area contributed by atoms with E-state index in [4.69, 9.17) is 9.47 Å². The molecule has 0 saturated carbocycles. The van der Waals surface area contributed by atoms with E-state index in [0.29, 0.717) is 4.70 Å². The quantitative estimate of drug-likeness (QED) is 0.546. The van der Waals surface area contributed by atoms with Gasteiger partial charge in [-0.15, -0.1) is 11.3 Å². The Morgan fingerprint density at radius 3 is 2.53 bits per heavy atom. The van der Waals surface area contributed by atoms with Crippen LogP contribution in [0.1, 0.15) is 32.5 Å². The fourth-order valence-corrected chi connectivity index (χ4v) is 4.48. The Kier molecular flexibility index (Phi) is 6.37. The molecule has 30 heavy (non-hydrogen) atoms. The molecule has 2 aromatic carbocycles. The molecular weight excluding hydrogens is 433 g/mol. The molecule has 3 aromatic rings. The SMILES string of the molecule is CCOC(=O)c1sc2cccc(F)c2c1COC(=O)c1cccc(NS(C)(=O)=O)c1. The number of sulfonamides is 1. The topological polar surface area (TPSA) is 98.8 Å². The molecule has 0 fully saturated rings. The van der Waals surface area contributed by atoms with Crippen molar-refractivity contribution >= 4 is 49.1 Å². The summed E-state index contributed by atoms with van der Waals surface area (Å²) >= 11 is 1.06. The largest absolute Gasteiger partial charge is 0.462 e. The minimum atomic E-state index is -3.51. The molecule has 0 aliphatic carbocycles. The Morgan fingerprint density at radius 2 is 1.83 bits per heavy atom. The maximum Gasteiger partial charge on any atom is 0.348 e. The van der Waals surface area contributed by atoms with Crippen molar-refractivity contribution in [2.24, 2.45) is 0 Å². The van der Waals surface area contributed by atoms with Gasteiger partial charge in [0.15, 0.2) is 0 Å². The van der Waals surface area contributed by atoms with Crippen molar-refractivity contribution in [3.05, 3.63) is 64.3 Å². The second-order valence-corrected chi connectivity index (χ2v) is 9.08. The first kappa shape index (κ1) is 21.7. The van der Waals surface area contributed by atoms with Crippen molar-refractivity contribution < 1.29 is 31.9 Å². The number of fused-ring (bicyclic) bond motifs is 1. The number of rotatable bonds is 7. The van der Waals surface area contributed by atoms with Crippen LogP contribution in [0.5, 0.6) is 0 Å². The molecule has 0 radical (unpaired) electrons. The van der Waals surface area contributed by atoms with E-state index >= 15 is 0 Å². The lowest BCUT2D eigenvalue weighted by atomic mass is 10.1. The second kappa shape index (κ2) is 8.80. The number of hydrogen-bond donors (Lipinski definition) is 1. The fraction of sp³-hybridized carbons (Fsp3) is 0.200. The maximum absolute atomic E-state index is 14.4. The van der Waals surface area contributed by atoms with Gasteiger partial charge in [-0.05, 0) is 37.3 Å². The van der Waals surface area contributed by atoms with E-state index in [1.165, 1.54) is 36.4 Å². The number of esters is 2. The minimum absolute atomic E-state index is 0.0985. The van der Waals surface area contributed by atoms with Gasteiger partial charge in [-0.25, -0.2) is 22.4 Å². The van der Waals surface area contributed by atoms with Crippen LogP contribution in [0.25, 0.3) is 10.1 Å². The van der Waals surface area contributed by atoms with Gasteiger partial charge in [0.1, 0.15) is 17.3 Å². The molecule has 0 unspecified atom stereocenters. The second-order valence-electron chi connectivity index (χ2n) is 6.27. The third-order valence-corrected chi connectivity index (χ3v) is 5.76. The fourth-order valence-electron chi connectivity index (χ4n) is 2.81. The summed E-state index contributed by atoms with van der Waals surface area (Å²) in [6.45, 7) is 1.45. The van der Waals surface area contributed by atoms with Gasteiger partial charge in [-0.3, -0.25) is 4.72 Å². The Balaban J connectivity index is 1.88. The monoisotopic (exact) mass is 451 g/mol. The van der Waals surface area contributed by atoms with E-state index in [9.17, 15) is 22.4 Å². The normalized spacial score (nSPS) is 11.3. The predicted octanol–water partition coefficient (Wildman–Crippen LogP) is 3.95. The van der Waals surface area contributed by atoms with Crippen molar-refractivity contribution in [1.29, 1.82) is 0 Å². The number of anilines is 1. The lowest BCUT2D eigenvalue weighted by molar-refractivity contribution is 0.0454. The first-order valence-corrected chi connectivity index (χ1v) is 11.5. The molecule has 1 heterocycles. The highest BCUT2D eigenvalue weighted by Gasteiger charge is 2.23. The van der Waals surface area contributed by atoms with E-state index in [1.807, 2.05) is 0 Å². The van der Waals surface area contributed by atoms with E-state index in [1.54, 1.807) is 13.0 Å². The Morgan fingerprint density at radius 1 is 1.10 bits per heavy atom. The van der Waals surface area contributed by atoms with E-state index < -0.39 is 27.8 Å². The third kappa shape index (κ3) is 4.95. The van der Waals surface area contributed by atoms with Gasteiger partial charge in [0.2, 0.25) is 10.0 Å². The Labute approximate surface area is 176 Å². The van der Waals surface area contributed by atoms with Gasteiger partial charge in [0.25, 0.3) is 0 Å². The summed E-state index contributed by atoms with van der Waals surface area (Å²) in [6, 6.07) is 10.2. The average molecular weight is 451 g/mol. The summed E-state index contributed by atoms with van der Waals surface area (Å²) < 4.78 is 50.3. The summed E-state index contributed by atoms with van der Waals surface area (Å²) in [6.07, 6.45) is 0.991. The van der Waals surface area contributed by atoms with Gasteiger partial charge in [-0.2, -0.15) is 0 Å². The first-order valence-electron chi connectivity index (χ1n) is 8.81.